The van der Waals surface area contributed by atoms with E-state index < -0.39 is 0 Å². The van der Waals surface area contributed by atoms with Crippen LogP contribution in [0.25, 0.3) is 0 Å². The van der Waals surface area contributed by atoms with Crippen molar-refractivity contribution in [2.24, 2.45) is 5.73 Å². The predicted octanol–water partition coefficient (Wildman–Crippen LogP) is 1.62. The number of amides is 1. The first kappa shape index (κ1) is 14.7. The highest BCUT2D eigenvalue weighted by atomic mass is 16.5. The fourth-order valence-corrected chi connectivity index (χ4v) is 1.54. The van der Waals surface area contributed by atoms with E-state index >= 15 is 0 Å². The Morgan fingerprint density at radius 3 is 2.72 bits per heavy atom. The average Bonchev–Trinajstić information content (AvgIpc) is 2.42. The highest BCUT2D eigenvalue weighted by Gasteiger charge is 2.07. The van der Waals surface area contributed by atoms with Crippen LogP contribution in [0.4, 0.5) is 0 Å². The van der Waals surface area contributed by atoms with Gasteiger partial charge in [0.2, 0.25) is 5.91 Å². The molecule has 1 atom stereocenters. The first-order valence-electron chi connectivity index (χ1n) is 6.39. The lowest BCUT2D eigenvalue weighted by molar-refractivity contribution is -0.122. The molecule has 0 aliphatic rings. The molecule has 1 unspecified atom stereocenters. The number of nitrogens with two attached hydrogens (primary N) is 1. The number of carbonyl (C=O) groups excluding carboxylic acids is 1. The second kappa shape index (κ2) is 8.66. The quantitative estimate of drug-likeness (QED) is 0.689. The Hall–Kier alpha value is -1.39. The van der Waals surface area contributed by atoms with Crippen LogP contribution < -0.4 is 11.1 Å². The van der Waals surface area contributed by atoms with Gasteiger partial charge in [-0.3, -0.25) is 4.79 Å². The van der Waals surface area contributed by atoms with Crippen LogP contribution in [0, 0.1) is 0 Å². The first-order chi connectivity index (χ1) is 8.74. The zero-order chi connectivity index (χ0) is 13.2. The summed E-state index contributed by atoms with van der Waals surface area (Å²) in [5.74, 6) is -0.0162. The largest absolute Gasteiger partial charge is 0.381 e. The van der Waals surface area contributed by atoms with Crippen molar-refractivity contribution >= 4 is 5.91 Å². The monoisotopic (exact) mass is 250 g/mol. The highest BCUT2D eigenvalue weighted by molar-refractivity contribution is 5.76. The Kier molecular flexibility index (Phi) is 7.06. The molecule has 0 heterocycles. The van der Waals surface area contributed by atoms with Crippen molar-refractivity contribution in [1.29, 1.82) is 0 Å². The van der Waals surface area contributed by atoms with Crippen molar-refractivity contribution in [2.45, 2.75) is 25.8 Å². The van der Waals surface area contributed by atoms with E-state index in [-0.39, 0.29) is 11.9 Å². The lowest BCUT2D eigenvalue weighted by atomic mass is 10.1. The molecule has 0 spiro atoms. The van der Waals surface area contributed by atoms with Gasteiger partial charge in [-0.25, -0.2) is 0 Å². The van der Waals surface area contributed by atoms with E-state index in [9.17, 15) is 4.79 Å². The molecular formula is C14H22N2O2. The Labute approximate surface area is 109 Å². The third-order valence-corrected chi connectivity index (χ3v) is 2.57. The van der Waals surface area contributed by atoms with Gasteiger partial charge in [0.05, 0.1) is 6.61 Å². The third-order valence-electron chi connectivity index (χ3n) is 2.57. The molecule has 4 heteroatoms. The fourth-order valence-electron chi connectivity index (χ4n) is 1.54. The second-order valence-corrected chi connectivity index (χ2v) is 4.18. The Morgan fingerprint density at radius 2 is 2.06 bits per heavy atom. The molecule has 0 radical (unpaired) electrons. The summed E-state index contributed by atoms with van der Waals surface area (Å²) in [5, 5.41) is 2.81. The van der Waals surface area contributed by atoms with Crippen LogP contribution in [0.5, 0.6) is 0 Å². The molecule has 1 aromatic rings. The second-order valence-electron chi connectivity index (χ2n) is 4.18. The van der Waals surface area contributed by atoms with E-state index in [0.717, 1.165) is 12.0 Å². The van der Waals surface area contributed by atoms with Gasteiger partial charge in [-0.15, -0.1) is 0 Å². The highest BCUT2D eigenvalue weighted by Crippen LogP contribution is 2.07. The summed E-state index contributed by atoms with van der Waals surface area (Å²) in [4.78, 5) is 11.5. The maximum atomic E-state index is 11.5. The minimum absolute atomic E-state index is 0.0162. The molecule has 3 N–H and O–H groups in total. The van der Waals surface area contributed by atoms with Gasteiger partial charge >= 0.3 is 0 Å². The summed E-state index contributed by atoms with van der Waals surface area (Å²) in [6.45, 7) is 3.67. The van der Waals surface area contributed by atoms with Crippen LogP contribution in [-0.2, 0) is 9.53 Å². The van der Waals surface area contributed by atoms with E-state index in [2.05, 4.69) is 5.32 Å². The van der Waals surface area contributed by atoms with E-state index in [0.29, 0.717) is 26.2 Å². The average molecular weight is 250 g/mol. The van der Waals surface area contributed by atoms with Gasteiger partial charge in [0, 0.05) is 25.6 Å². The van der Waals surface area contributed by atoms with Crippen LogP contribution in [0.1, 0.15) is 31.4 Å². The minimum atomic E-state index is -0.160. The number of benzene rings is 1. The molecule has 0 aromatic heterocycles. The van der Waals surface area contributed by atoms with Crippen molar-refractivity contribution < 1.29 is 9.53 Å². The summed E-state index contributed by atoms with van der Waals surface area (Å²) < 4.78 is 5.25. The van der Waals surface area contributed by atoms with Gasteiger partial charge in [0.15, 0.2) is 0 Å². The number of rotatable bonds is 8. The molecule has 18 heavy (non-hydrogen) atoms. The maximum absolute atomic E-state index is 11.5. The number of carbonyl (C=O) groups is 1. The lowest BCUT2D eigenvalue weighted by Gasteiger charge is -2.13. The third kappa shape index (κ3) is 5.80. The lowest BCUT2D eigenvalue weighted by Crippen LogP contribution is -2.32. The molecule has 0 aliphatic heterocycles. The molecule has 0 fully saturated rings. The molecule has 0 saturated heterocycles. The van der Waals surface area contributed by atoms with Gasteiger partial charge in [-0.05, 0) is 12.0 Å². The fraction of sp³-hybridized carbons (Fsp3) is 0.500. The van der Waals surface area contributed by atoms with E-state index in [1.54, 1.807) is 0 Å². The molecule has 0 aliphatic carbocycles. The molecule has 1 rings (SSSR count). The van der Waals surface area contributed by atoms with Crippen molar-refractivity contribution in [1.82, 2.24) is 5.32 Å². The van der Waals surface area contributed by atoms with Crippen LogP contribution in [0.3, 0.4) is 0 Å². The van der Waals surface area contributed by atoms with E-state index in [1.165, 1.54) is 0 Å². The molecule has 100 valence electrons. The molecular weight excluding hydrogens is 228 g/mol. The minimum Gasteiger partial charge on any atom is -0.381 e. The van der Waals surface area contributed by atoms with E-state index in [4.69, 9.17) is 10.5 Å². The summed E-state index contributed by atoms with van der Waals surface area (Å²) in [5.41, 5.74) is 7.00. The summed E-state index contributed by atoms with van der Waals surface area (Å²) >= 11 is 0. The molecule has 1 aromatic carbocycles. The van der Waals surface area contributed by atoms with Crippen molar-refractivity contribution in [3.8, 4) is 0 Å². The standard InChI is InChI=1S/C14H22N2O2/c1-2-9-18-10-8-14(17)16-11-13(15)12-6-4-3-5-7-12/h3-7,13H,2,8-11,15H2,1H3,(H,16,17). The number of hydrogen-bond donors (Lipinski definition) is 2. The summed E-state index contributed by atoms with van der Waals surface area (Å²) in [7, 11) is 0. The summed E-state index contributed by atoms with van der Waals surface area (Å²) in [6.07, 6.45) is 1.36. The van der Waals surface area contributed by atoms with E-state index in [1.807, 2.05) is 37.3 Å². The number of nitrogens with one attached hydrogen (secondary N) is 1. The van der Waals surface area contributed by atoms with Gasteiger partial charge in [0.1, 0.15) is 0 Å². The Bertz CT molecular complexity index is 341. The van der Waals surface area contributed by atoms with Crippen molar-refractivity contribution in [3.05, 3.63) is 35.9 Å². The Morgan fingerprint density at radius 1 is 1.33 bits per heavy atom. The molecule has 1 amide bonds. The molecule has 0 bridgehead atoms. The van der Waals surface area contributed by atoms with Crippen molar-refractivity contribution in [2.75, 3.05) is 19.8 Å². The van der Waals surface area contributed by atoms with Crippen LogP contribution in [0.2, 0.25) is 0 Å². The maximum Gasteiger partial charge on any atom is 0.222 e. The Balaban J connectivity index is 2.18. The van der Waals surface area contributed by atoms with Gasteiger partial charge in [-0.1, -0.05) is 37.3 Å². The van der Waals surface area contributed by atoms with Crippen LogP contribution in [0.15, 0.2) is 30.3 Å². The summed E-state index contributed by atoms with van der Waals surface area (Å²) in [6, 6.07) is 9.58. The topological polar surface area (TPSA) is 64.3 Å². The van der Waals surface area contributed by atoms with Crippen LogP contribution in [-0.4, -0.2) is 25.7 Å². The smallest absolute Gasteiger partial charge is 0.222 e. The van der Waals surface area contributed by atoms with Crippen molar-refractivity contribution in [3.63, 3.8) is 0 Å². The first-order valence-corrected chi connectivity index (χ1v) is 6.39. The van der Waals surface area contributed by atoms with Gasteiger partial charge in [-0.2, -0.15) is 0 Å². The number of hydrogen-bond acceptors (Lipinski definition) is 3. The SMILES string of the molecule is CCCOCCC(=O)NCC(N)c1ccccc1. The normalized spacial score (nSPS) is 12.1. The van der Waals surface area contributed by atoms with Gasteiger partial charge < -0.3 is 15.8 Å². The molecule has 0 saturated carbocycles. The van der Waals surface area contributed by atoms with Crippen LogP contribution >= 0.6 is 0 Å². The molecule has 4 nitrogen and oxygen atoms in total. The number of ether oxygens (including phenoxy) is 1. The zero-order valence-electron chi connectivity index (χ0n) is 10.9. The van der Waals surface area contributed by atoms with Gasteiger partial charge in [0.25, 0.3) is 0 Å². The zero-order valence-corrected chi connectivity index (χ0v) is 10.9. The predicted molar refractivity (Wildman–Crippen MR) is 72.1 cm³/mol.